The Kier molecular flexibility index (Phi) is 4.83. The van der Waals surface area contributed by atoms with Gasteiger partial charge in [0.05, 0.1) is 22.6 Å². The summed E-state index contributed by atoms with van der Waals surface area (Å²) in [5.41, 5.74) is 5.21. The SMILES string of the molecule is Clc1ccc(N2C(Nc3ccc(Br)cc3)=Nc3ccccc3-n3c2nn2nc4ccccc4c32)cc1. The molecular formula is C27H17BrClN7. The molecule has 3 heterocycles. The fraction of sp³-hybridized carbons (Fsp3) is 0. The first-order valence-corrected chi connectivity index (χ1v) is 12.5. The second-order valence-corrected chi connectivity index (χ2v) is 9.69. The van der Waals surface area contributed by atoms with Crippen LogP contribution in [0.2, 0.25) is 5.02 Å². The number of aliphatic imine (C=N–C) groups is 1. The Labute approximate surface area is 219 Å². The summed E-state index contributed by atoms with van der Waals surface area (Å²) in [6, 6.07) is 31.7. The largest absolute Gasteiger partial charge is 0.325 e. The molecule has 6 aromatic rings. The van der Waals surface area contributed by atoms with Crippen molar-refractivity contribution in [1.82, 2.24) is 19.4 Å². The molecule has 0 unspecified atom stereocenters. The van der Waals surface area contributed by atoms with Crippen LogP contribution in [0.25, 0.3) is 22.2 Å². The van der Waals surface area contributed by atoms with E-state index < -0.39 is 0 Å². The van der Waals surface area contributed by atoms with Crippen molar-refractivity contribution in [3.63, 3.8) is 0 Å². The van der Waals surface area contributed by atoms with Gasteiger partial charge in [-0.2, -0.15) is 0 Å². The number of halogens is 2. The van der Waals surface area contributed by atoms with Crippen molar-refractivity contribution in [3.05, 3.63) is 107 Å². The third-order valence-corrected chi connectivity index (χ3v) is 6.86. The summed E-state index contributed by atoms with van der Waals surface area (Å²) < 4.78 is 4.81. The van der Waals surface area contributed by atoms with E-state index in [2.05, 4.69) is 31.9 Å². The van der Waals surface area contributed by atoms with E-state index in [9.17, 15) is 0 Å². The molecule has 9 heteroatoms. The van der Waals surface area contributed by atoms with E-state index in [0.29, 0.717) is 16.9 Å². The lowest BCUT2D eigenvalue weighted by molar-refractivity contribution is 0.833. The number of nitrogens with one attached hydrogen (secondary N) is 1. The van der Waals surface area contributed by atoms with Crippen LogP contribution in [-0.2, 0) is 0 Å². The van der Waals surface area contributed by atoms with Crippen molar-refractivity contribution >= 4 is 73.1 Å². The Morgan fingerprint density at radius 2 is 1.53 bits per heavy atom. The first-order valence-electron chi connectivity index (χ1n) is 11.3. The minimum absolute atomic E-state index is 0.600. The summed E-state index contributed by atoms with van der Waals surface area (Å²) in [7, 11) is 0. The number of para-hydroxylation sites is 2. The fourth-order valence-corrected chi connectivity index (χ4v) is 4.85. The van der Waals surface area contributed by atoms with Crippen LogP contribution < -0.4 is 10.2 Å². The van der Waals surface area contributed by atoms with E-state index >= 15 is 0 Å². The zero-order valence-corrected chi connectivity index (χ0v) is 21.0. The molecule has 1 aliphatic rings. The quantitative estimate of drug-likeness (QED) is 0.243. The van der Waals surface area contributed by atoms with Crippen molar-refractivity contribution in [1.29, 1.82) is 0 Å². The number of hydrogen-bond donors (Lipinski definition) is 1. The number of nitrogens with zero attached hydrogens (tertiary/aromatic N) is 6. The molecule has 36 heavy (non-hydrogen) atoms. The molecule has 1 aliphatic heterocycles. The van der Waals surface area contributed by atoms with E-state index in [0.717, 1.165) is 43.8 Å². The van der Waals surface area contributed by atoms with E-state index in [-0.39, 0.29) is 0 Å². The minimum atomic E-state index is 0.600. The average molecular weight is 555 g/mol. The number of hydrogen-bond acceptors (Lipinski definition) is 5. The average Bonchev–Trinajstić information content (AvgIpc) is 3.39. The molecule has 0 spiro atoms. The van der Waals surface area contributed by atoms with Crippen molar-refractivity contribution < 1.29 is 0 Å². The monoisotopic (exact) mass is 553 g/mol. The Morgan fingerprint density at radius 1 is 0.778 bits per heavy atom. The van der Waals surface area contributed by atoms with Crippen LogP contribution >= 0.6 is 27.5 Å². The Hall–Kier alpha value is -4.14. The molecule has 4 aromatic carbocycles. The predicted molar refractivity (Wildman–Crippen MR) is 148 cm³/mol. The van der Waals surface area contributed by atoms with E-state index in [1.54, 1.807) is 4.63 Å². The molecule has 0 radical (unpaired) electrons. The van der Waals surface area contributed by atoms with Gasteiger partial charge in [0, 0.05) is 20.6 Å². The van der Waals surface area contributed by atoms with Crippen LogP contribution in [0.5, 0.6) is 0 Å². The Balaban J connectivity index is 1.54. The van der Waals surface area contributed by atoms with Crippen LogP contribution in [0.4, 0.5) is 23.0 Å². The zero-order valence-electron chi connectivity index (χ0n) is 18.7. The third-order valence-electron chi connectivity index (χ3n) is 6.08. The summed E-state index contributed by atoms with van der Waals surface area (Å²) in [4.78, 5) is 7.08. The van der Waals surface area contributed by atoms with Gasteiger partial charge in [0.15, 0.2) is 5.65 Å². The van der Waals surface area contributed by atoms with Crippen LogP contribution in [0, 0.1) is 0 Å². The van der Waals surface area contributed by atoms with Crippen LogP contribution in [0.1, 0.15) is 0 Å². The minimum Gasteiger partial charge on any atom is -0.325 e. The highest BCUT2D eigenvalue weighted by molar-refractivity contribution is 9.10. The third kappa shape index (κ3) is 3.37. The molecule has 0 fully saturated rings. The molecule has 1 N–H and O–H groups in total. The maximum atomic E-state index is 6.25. The lowest BCUT2D eigenvalue weighted by Gasteiger charge is -2.24. The number of guanidine groups is 1. The van der Waals surface area contributed by atoms with Crippen molar-refractivity contribution in [2.75, 3.05) is 10.2 Å². The van der Waals surface area contributed by atoms with E-state index in [1.165, 1.54) is 0 Å². The lowest BCUT2D eigenvalue weighted by Crippen LogP contribution is -2.33. The summed E-state index contributed by atoms with van der Waals surface area (Å²) in [5, 5.41) is 14.9. The van der Waals surface area contributed by atoms with Crippen LogP contribution in [-0.4, -0.2) is 25.4 Å². The summed E-state index contributed by atoms with van der Waals surface area (Å²) in [6.45, 7) is 0. The van der Waals surface area contributed by atoms with Gasteiger partial charge in [-0.1, -0.05) is 51.8 Å². The molecule has 0 amide bonds. The van der Waals surface area contributed by atoms with Gasteiger partial charge < -0.3 is 5.32 Å². The molecule has 0 aliphatic carbocycles. The number of rotatable bonds is 2. The first kappa shape index (κ1) is 21.2. The summed E-state index contributed by atoms with van der Waals surface area (Å²) in [5.74, 6) is 1.25. The highest BCUT2D eigenvalue weighted by atomic mass is 79.9. The smallest absolute Gasteiger partial charge is 0.243 e. The van der Waals surface area contributed by atoms with Gasteiger partial charge in [-0.25, -0.2) is 9.89 Å². The second kappa shape index (κ2) is 8.22. The summed E-state index contributed by atoms with van der Waals surface area (Å²) >= 11 is 9.76. The molecule has 0 bridgehead atoms. The maximum Gasteiger partial charge on any atom is 0.243 e. The standard InChI is InChI=1S/C27H17BrClN7/c28-17-9-13-19(14-10-17)30-26-31-23-7-3-4-8-24(23)35-25-21-5-1-2-6-22(21)32-36(25)33-27(35)34(26)20-15-11-18(29)12-16-20/h1-16H,(H,30,31). The van der Waals surface area contributed by atoms with Gasteiger partial charge in [0.25, 0.3) is 0 Å². The van der Waals surface area contributed by atoms with Gasteiger partial charge >= 0.3 is 0 Å². The second-order valence-electron chi connectivity index (χ2n) is 8.33. The molecule has 174 valence electrons. The lowest BCUT2D eigenvalue weighted by atomic mass is 10.2. The van der Waals surface area contributed by atoms with Gasteiger partial charge in [-0.3, -0.25) is 4.57 Å². The summed E-state index contributed by atoms with van der Waals surface area (Å²) in [6.07, 6.45) is 0. The maximum absolute atomic E-state index is 6.25. The number of fused-ring (bicyclic) bond motifs is 7. The van der Waals surface area contributed by atoms with Crippen molar-refractivity contribution in [2.45, 2.75) is 0 Å². The van der Waals surface area contributed by atoms with Gasteiger partial charge in [0.2, 0.25) is 11.9 Å². The van der Waals surface area contributed by atoms with Crippen molar-refractivity contribution in [3.8, 4) is 5.69 Å². The van der Waals surface area contributed by atoms with Gasteiger partial charge in [-0.15, -0.1) is 14.8 Å². The van der Waals surface area contributed by atoms with Crippen molar-refractivity contribution in [2.24, 2.45) is 4.99 Å². The molecule has 2 aromatic heterocycles. The van der Waals surface area contributed by atoms with E-state index in [4.69, 9.17) is 26.8 Å². The first-order chi connectivity index (χ1) is 17.7. The normalized spacial score (nSPS) is 12.8. The zero-order chi connectivity index (χ0) is 24.2. The predicted octanol–water partition coefficient (Wildman–Crippen LogP) is 7.34. The van der Waals surface area contributed by atoms with E-state index in [1.807, 2.05) is 95.9 Å². The molecule has 0 atom stereocenters. The van der Waals surface area contributed by atoms with Gasteiger partial charge in [0.1, 0.15) is 0 Å². The Bertz CT molecular complexity index is 1790. The number of aromatic nitrogens is 4. The topological polar surface area (TPSA) is 62.8 Å². The molecule has 7 rings (SSSR count). The number of benzene rings is 4. The van der Waals surface area contributed by atoms with Crippen LogP contribution in [0.15, 0.2) is 107 Å². The number of anilines is 3. The molecule has 7 nitrogen and oxygen atoms in total. The van der Waals surface area contributed by atoms with Gasteiger partial charge in [-0.05, 0) is 72.8 Å². The highest BCUT2D eigenvalue weighted by Gasteiger charge is 2.30. The molecular weight excluding hydrogens is 538 g/mol. The fourth-order valence-electron chi connectivity index (χ4n) is 4.46. The molecule has 0 saturated heterocycles. The Morgan fingerprint density at radius 3 is 2.36 bits per heavy atom. The molecule has 0 saturated carbocycles. The van der Waals surface area contributed by atoms with Crippen LogP contribution in [0.3, 0.4) is 0 Å². The highest BCUT2D eigenvalue weighted by Crippen LogP contribution is 2.39.